The second-order valence-corrected chi connectivity index (χ2v) is 4.61. The van der Waals surface area contributed by atoms with Crippen LogP contribution in [0.3, 0.4) is 0 Å². The Morgan fingerprint density at radius 1 is 1.00 bits per heavy atom. The first kappa shape index (κ1) is 17.4. The number of aldehydes is 2. The summed E-state index contributed by atoms with van der Waals surface area (Å²) < 4.78 is 5.43. The maximum atomic E-state index is 10.4. The van der Waals surface area contributed by atoms with E-state index in [2.05, 4.69) is 6.92 Å². The second kappa shape index (κ2) is 10.2. The van der Waals surface area contributed by atoms with Crippen molar-refractivity contribution in [1.82, 2.24) is 0 Å². The Balaban J connectivity index is 0.000000235. The molecule has 0 heterocycles. The molecule has 0 saturated heterocycles. The SMILES string of the molecule is CCCCOc1cccc(C=O)c1.O=Cc1cccc(O)c1. The number of phenolic OH excluding ortho intramolecular Hbond substituents is 1. The van der Waals surface area contributed by atoms with Crippen LogP contribution in [0.5, 0.6) is 11.5 Å². The van der Waals surface area contributed by atoms with Crippen molar-refractivity contribution >= 4 is 12.6 Å². The molecule has 2 rings (SSSR count). The zero-order chi connectivity index (χ0) is 16.2. The fourth-order valence-electron chi connectivity index (χ4n) is 1.61. The van der Waals surface area contributed by atoms with E-state index < -0.39 is 0 Å². The van der Waals surface area contributed by atoms with Crippen LogP contribution < -0.4 is 4.74 Å². The lowest BCUT2D eigenvalue weighted by Crippen LogP contribution is -1.96. The van der Waals surface area contributed by atoms with Crippen molar-refractivity contribution < 1.29 is 19.4 Å². The zero-order valence-corrected chi connectivity index (χ0v) is 12.6. The molecule has 0 unspecified atom stereocenters. The smallest absolute Gasteiger partial charge is 0.150 e. The van der Waals surface area contributed by atoms with Crippen molar-refractivity contribution in [1.29, 1.82) is 0 Å². The maximum Gasteiger partial charge on any atom is 0.150 e. The molecule has 0 aliphatic rings. The van der Waals surface area contributed by atoms with E-state index in [0.717, 1.165) is 31.5 Å². The number of hydrogen-bond donors (Lipinski definition) is 1. The Morgan fingerprint density at radius 2 is 1.64 bits per heavy atom. The molecule has 0 saturated carbocycles. The topological polar surface area (TPSA) is 63.6 Å². The lowest BCUT2D eigenvalue weighted by Gasteiger charge is -2.04. The van der Waals surface area contributed by atoms with Crippen LogP contribution in [-0.4, -0.2) is 24.3 Å². The highest BCUT2D eigenvalue weighted by Crippen LogP contribution is 2.12. The van der Waals surface area contributed by atoms with E-state index in [4.69, 9.17) is 9.84 Å². The maximum absolute atomic E-state index is 10.4. The number of rotatable bonds is 6. The number of benzene rings is 2. The Labute approximate surface area is 130 Å². The molecule has 4 heteroatoms. The third-order valence-corrected chi connectivity index (χ3v) is 2.77. The Morgan fingerprint density at radius 3 is 2.18 bits per heavy atom. The molecular weight excluding hydrogens is 280 g/mol. The van der Waals surface area contributed by atoms with Crippen molar-refractivity contribution in [2.75, 3.05) is 6.61 Å². The summed E-state index contributed by atoms with van der Waals surface area (Å²) in [5.74, 6) is 0.901. The standard InChI is InChI=1S/C11H14O2.C7H6O2/c1-2-3-7-13-11-6-4-5-10(8-11)9-12;8-5-6-2-1-3-7(9)4-6/h4-6,8-9H,2-3,7H2,1H3;1-5,9H. The molecule has 0 atom stereocenters. The first-order valence-electron chi connectivity index (χ1n) is 7.12. The predicted octanol–water partition coefficient (Wildman–Crippen LogP) is 3.88. The molecule has 0 aliphatic carbocycles. The van der Waals surface area contributed by atoms with Crippen molar-refractivity contribution in [2.45, 2.75) is 19.8 Å². The van der Waals surface area contributed by atoms with E-state index in [9.17, 15) is 9.59 Å². The number of hydrogen-bond acceptors (Lipinski definition) is 4. The number of phenols is 1. The molecule has 0 aliphatic heterocycles. The molecule has 0 radical (unpaired) electrons. The van der Waals surface area contributed by atoms with Crippen LogP contribution in [-0.2, 0) is 0 Å². The van der Waals surface area contributed by atoms with Gasteiger partial charge in [-0.05, 0) is 30.7 Å². The monoisotopic (exact) mass is 300 g/mol. The van der Waals surface area contributed by atoms with Gasteiger partial charge in [-0.1, -0.05) is 37.6 Å². The molecule has 0 amide bonds. The largest absolute Gasteiger partial charge is 0.508 e. The third-order valence-electron chi connectivity index (χ3n) is 2.77. The fourth-order valence-corrected chi connectivity index (χ4v) is 1.61. The van der Waals surface area contributed by atoms with Gasteiger partial charge < -0.3 is 9.84 Å². The van der Waals surface area contributed by atoms with E-state index in [1.165, 1.54) is 12.1 Å². The highest BCUT2D eigenvalue weighted by atomic mass is 16.5. The average molecular weight is 300 g/mol. The minimum absolute atomic E-state index is 0.125. The van der Waals surface area contributed by atoms with Gasteiger partial charge in [-0.25, -0.2) is 0 Å². The highest BCUT2D eigenvalue weighted by molar-refractivity contribution is 5.75. The van der Waals surface area contributed by atoms with E-state index in [1.54, 1.807) is 24.3 Å². The van der Waals surface area contributed by atoms with Gasteiger partial charge in [0.15, 0.2) is 0 Å². The summed E-state index contributed by atoms with van der Waals surface area (Å²) in [5, 5.41) is 8.79. The molecule has 2 aromatic rings. The molecule has 0 bridgehead atoms. The zero-order valence-electron chi connectivity index (χ0n) is 12.6. The van der Waals surface area contributed by atoms with Gasteiger partial charge in [0.05, 0.1) is 6.61 Å². The summed E-state index contributed by atoms with van der Waals surface area (Å²) >= 11 is 0. The molecule has 0 fully saturated rings. The molecule has 116 valence electrons. The summed E-state index contributed by atoms with van der Waals surface area (Å²) in [4.78, 5) is 20.5. The average Bonchev–Trinajstić information content (AvgIpc) is 2.56. The number of carbonyl (C=O) groups is 2. The number of ether oxygens (including phenoxy) is 1. The molecule has 0 aromatic heterocycles. The van der Waals surface area contributed by atoms with Crippen LogP contribution in [0.1, 0.15) is 40.5 Å². The Bertz CT molecular complexity index is 593. The van der Waals surface area contributed by atoms with Gasteiger partial charge in [0, 0.05) is 11.1 Å². The van der Waals surface area contributed by atoms with Gasteiger partial charge in [-0.2, -0.15) is 0 Å². The van der Waals surface area contributed by atoms with Crippen molar-refractivity contribution in [3.05, 3.63) is 59.7 Å². The lowest BCUT2D eigenvalue weighted by atomic mass is 10.2. The van der Waals surface area contributed by atoms with Crippen LogP contribution >= 0.6 is 0 Å². The summed E-state index contributed by atoms with van der Waals surface area (Å²) in [5.41, 5.74) is 1.16. The second-order valence-electron chi connectivity index (χ2n) is 4.61. The van der Waals surface area contributed by atoms with Gasteiger partial charge in [0.25, 0.3) is 0 Å². The first-order chi connectivity index (χ1) is 10.7. The molecule has 4 nitrogen and oxygen atoms in total. The van der Waals surface area contributed by atoms with Crippen molar-refractivity contribution in [2.24, 2.45) is 0 Å². The lowest BCUT2D eigenvalue weighted by molar-refractivity contribution is 0.111. The van der Waals surface area contributed by atoms with Crippen molar-refractivity contribution in [3.63, 3.8) is 0 Å². The number of unbranched alkanes of at least 4 members (excludes halogenated alkanes) is 1. The molecule has 2 aromatic carbocycles. The molecule has 22 heavy (non-hydrogen) atoms. The fraction of sp³-hybridized carbons (Fsp3) is 0.222. The Kier molecular flexibility index (Phi) is 8.05. The van der Waals surface area contributed by atoms with Crippen molar-refractivity contribution in [3.8, 4) is 11.5 Å². The molecule has 1 N–H and O–H groups in total. The van der Waals surface area contributed by atoms with Gasteiger partial charge in [0.1, 0.15) is 24.1 Å². The van der Waals surface area contributed by atoms with Crippen LogP contribution in [0.2, 0.25) is 0 Å². The van der Waals surface area contributed by atoms with E-state index in [1.807, 2.05) is 12.1 Å². The van der Waals surface area contributed by atoms with E-state index in [-0.39, 0.29) is 5.75 Å². The summed E-state index contributed by atoms with van der Waals surface area (Å²) in [6.07, 6.45) is 3.69. The summed E-state index contributed by atoms with van der Waals surface area (Å²) in [6.45, 7) is 2.84. The van der Waals surface area contributed by atoms with E-state index >= 15 is 0 Å². The normalized spacial score (nSPS) is 9.32. The van der Waals surface area contributed by atoms with Gasteiger partial charge >= 0.3 is 0 Å². The summed E-state index contributed by atoms with van der Waals surface area (Å²) in [7, 11) is 0. The number of carbonyl (C=O) groups excluding carboxylic acids is 2. The van der Waals surface area contributed by atoms with Gasteiger partial charge in [0.2, 0.25) is 0 Å². The predicted molar refractivity (Wildman–Crippen MR) is 85.7 cm³/mol. The van der Waals surface area contributed by atoms with E-state index in [0.29, 0.717) is 17.4 Å². The van der Waals surface area contributed by atoms with Gasteiger partial charge in [-0.15, -0.1) is 0 Å². The molecular formula is C18H20O4. The number of aromatic hydroxyl groups is 1. The molecule has 0 spiro atoms. The summed E-state index contributed by atoms with van der Waals surface area (Å²) in [6, 6.07) is 13.4. The first-order valence-corrected chi connectivity index (χ1v) is 7.12. The minimum Gasteiger partial charge on any atom is -0.508 e. The van der Waals surface area contributed by atoms with Crippen LogP contribution in [0.25, 0.3) is 0 Å². The van der Waals surface area contributed by atoms with Crippen LogP contribution in [0, 0.1) is 0 Å². The quantitative estimate of drug-likeness (QED) is 0.649. The Hall–Kier alpha value is -2.62. The van der Waals surface area contributed by atoms with Crippen LogP contribution in [0.4, 0.5) is 0 Å². The minimum atomic E-state index is 0.125. The highest BCUT2D eigenvalue weighted by Gasteiger charge is 1.94. The van der Waals surface area contributed by atoms with Gasteiger partial charge in [-0.3, -0.25) is 9.59 Å². The third kappa shape index (κ3) is 6.70. The van der Waals surface area contributed by atoms with Crippen LogP contribution in [0.15, 0.2) is 48.5 Å².